The number of hydrogen-bond acceptors (Lipinski definition) is 2. The molecule has 0 saturated heterocycles. The van der Waals surface area contributed by atoms with Gasteiger partial charge in [-0.3, -0.25) is 0 Å². The van der Waals surface area contributed by atoms with Crippen molar-refractivity contribution < 1.29 is 0 Å². The maximum absolute atomic E-state index is 5.83. The second kappa shape index (κ2) is 4.60. The quantitative estimate of drug-likeness (QED) is 0.863. The predicted octanol–water partition coefficient (Wildman–Crippen LogP) is 3.02. The minimum absolute atomic E-state index is 0.0905. The lowest BCUT2D eigenvalue weighted by atomic mass is 9.86. The van der Waals surface area contributed by atoms with Gasteiger partial charge in [-0.25, -0.2) is 4.98 Å². The largest absolute Gasteiger partial charge is 0.330 e. The number of nitrogens with two attached hydrogens (primary N) is 1. The van der Waals surface area contributed by atoms with Gasteiger partial charge in [0.15, 0.2) is 0 Å². The number of pyridine rings is 1. The summed E-state index contributed by atoms with van der Waals surface area (Å²) in [5.74, 6) is 0. The molecular formula is C10H14BrClN2. The van der Waals surface area contributed by atoms with E-state index >= 15 is 0 Å². The van der Waals surface area contributed by atoms with Gasteiger partial charge in [0.25, 0.3) is 0 Å². The number of aromatic nitrogens is 1. The van der Waals surface area contributed by atoms with Crippen LogP contribution in [0.3, 0.4) is 0 Å². The highest BCUT2D eigenvalue weighted by Gasteiger charge is 2.18. The molecule has 4 heteroatoms. The van der Waals surface area contributed by atoms with E-state index in [2.05, 4.69) is 34.8 Å². The molecule has 2 N–H and O–H groups in total. The minimum Gasteiger partial charge on any atom is -0.330 e. The molecule has 1 aromatic rings. The van der Waals surface area contributed by atoms with E-state index in [1.165, 1.54) is 0 Å². The van der Waals surface area contributed by atoms with Crippen molar-refractivity contribution in [3.63, 3.8) is 0 Å². The van der Waals surface area contributed by atoms with Crippen LogP contribution >= 0.6 is 27.5 Å². The van der Waals surface area contributed by atoms with Gasteiger partial charge < -0.3 is 5.73 Å². The van der Waals surface area contributed by atoms with Gasteiger partial charge in [0.1, 0.15) is 5.15 Å². The summed E-state index contributed by atoms with van der Waals surface area (Å²) in [5.41, 5.74) is 6.92. The lowest BCUT2D eigenvalue weighted by Crippen LogP contribution is -2.26. The Bertz CT molecular complexity index is 326. The Morgan fingerprint density at radius 2 is 2.21 bits per heavy atom. The van der Waals surface area contributed by atoms with Crippen molar-refractivity contribution >= 4 is 27.5 Å². The number of rotatable bonds is 3. The van der Waals surface area contributed by atoms with Crippen LogP contribution in [0.2, 0.25) is 5.15 Å². The molecule has 0 saturated carbocycles. The summed E-state index contributed by atoms with van der Waals surface area (Å²) >= 11 is 9.28. The summed E-state index contributed by atoms with van der Waals surface area (Å²) < 4.78 is 0.989. The van der Waals surface area contributed by atoms with E-state index in [0.29, 0.717) is 11.7 Å². The molecule has 0 unspecified atom stereocenters. The molecule has 0 aliphatic carbocycles. The normalized spacial score (nSPS) is 11.8. The van der Waals surface area contributed by atoms with Crippen molar-refractivity contribution in [1.82, 2.24) is 4.98 Å². The Balaban J connectivity index is 2.91. The van der Waals surface area contributed by atoms with Crippen molar-refractivity contribution in [3.05, 3.63) is 27.5 Å². The average Bonchev–Trinajstić information content (AvgIpc) is 2.11. The van der Waals surface area contributed by atoms with Gasteiger partial charge in [-0.1, -0.05) is 25.4 Å². The molecule has 1 aromatic heterocycles. The zero-order chi connectivity index (χ0) is 10.8. The summed E-state index contributed by atoms with van der Waals surface area (Å²) in [4.78, 5) is 3.98. The van der Waals surface area contributed by atoms with Gasteiger partial charge >= 0.3 is 0 Å². The zero-order valence-corrected chi connectivity index (χ0v) is 10.7. The van der Waals surface area contributed by atoms with Gasteiger partial charge in [-0.15, -0.1) is 0 Å². The minimum atomic E-state index is 0.0905. The summed E-state index contributed by atoms with van der Waals surface area (Å²) in [5, 5.41) is 0.524. The Morgan fingerprint density at radius 1 is 1.57 bits per heavy atom. The van der Waals surface area contributed by atoms with Crippen molar-refractivity contribution in [1.29, 1.82) is 0 Å². The fraction of sp³-hybridized carbons (Fsp3) is 0.500. The van der Waals surface area contributed by atoms with Crippen molar-refractivity contribution in [2.24, 2.45) is 11.1 Å². The van der Waals surface area contributed by atoms with Crippen LogP contribution in [0.25, 0.3) is 0 Å². The Labute approximate surface area is 98.0 Å². The molecule has 14 heavy (non-hydrogen) atoms. The number of hydrogen-bond donors (Lipinski definition) is 1. The van der Waals surface area contributed by atoms with Crippen LogP contribution in [0.15, 0.2) is 16.7 Å². The van der Waals surface area contributed by atoms with Crippen LogP contribution in [0, 0.1) is 5.41 Å². The third kappa shape index (κ3) is 3.23. The van der Waals surface area contributed by atoms with Crippen LogP contribution in [0.1, 0.15) is 19.4 Å². The fourth-order valence-corrected chi connectivity index (χ4v) is 1.71. The second-order valence-electron chi connectivity index (χ2n) is 4.14. The maximum atomic E-state index is 5.83. The predicted molar refractivity (Wildman–Crippen MR) is 63.5 cm³/mol. The third-order valence-electron chi connectivity index (χ3n) is 2.12. The standard InChI is InChI=1S/C10H14BrClN2/c1-10(2,6-13)4-7-3-9(12)14-5-8(7)11/h3,5H,4,6,13H2,1-2H3. The average molecular weight is 278 g/mol. The van der Waals surface area contributed by atoms with Gasteiger partial charge in [-0.2, -0.15) is 0 Å². The van der Waals surface area contributed by atoms with Gasteiger partial charge in [0.2, 0.25) is 0 Å². The Morgan fingerprint density at radius 3 is 2.79 bits per heavy atom. The Kier molecular flexibility index (Phi) is 3.93. The summed E-state index contributed by atoms with van der Waals surface area (Å²) in [7, 11) is 0. The number of halogens is 2. The zero-order valence-electron chi connectivity index (χ0n) is 8.35. The highest BCUT2D eigenvalue weighted by Crippen LogP contribution is 2.26. The molecule has 78 valence electrons. The molecular weight excluding hydrogens is 263 g/mol. The molecule has 0 atom stereocenters. The summed E-state index contributed by atoms with van der Waals surface area (Å²) in [6.45, 7) is 4.92. The smallest absolute Gasteiger partial charge is 0.129 e. The van der Waals surface area contributed by atoms with E-state index in [1.807, 2.05) is 6.07 Å². The molecule has 0 fully saturated rings. The van der Waals surface area contributed by atoms with Crippen LogP contribution < -0.4 is 5.73 Å². The fourth-order valence-electron chi connectivity index (χ4n) is 1.17. The van der Waals surface area contributed by atoms with Crippen LogP contribution in [0.4, 0.5) is 0 Å². The summed E-state index contributed by atoms with van der Waals surface area (Å²) in [6, 6.07) is 1.88. The third-order valence-corrected chi connectivity index (χ3v) is 3.04. The highest BCUT2D eigenvalue weighted by atomic mass is 79.9. The topological polar surface area (TPSA) is 38.9 Å². The van der Waals surface area contributed by atoms with E-state index in [0.717, 1.165) is 16.5 Å². The maximum Gasteiger partial charge on any atom is 0.129 e. The summed E-state index contributed by atoms with van der Waals surface area (Å²) in [6.07, 6.45) is 2.62. The lowest BCUT2D eigenvalue weighted by molar-refractivity contribution is 0.376. The highest BCUT2D eigenvalue weighted by molar-refractivity contribution is 9.10. The van der Waals surface area contributed by atoms with Crippen molar-refractivity contribution in [2.75, 3.05) is 6.54 Å². The van der Waals surface area contributed by atoms with E-state index in [-0.39, 0.29) is 5.41 Å². The van der Waals surface area contributed by atoms with E-state index in [1.54, 1.807) is 6.20 Å². The molecule has 0 aliphatic heterocycles. The number of nitrogens with zero attached hydrogens (tertiary/aromatic N) is 1. The van der Waals surface area contributed by atoms with Crippen molar-refractivity contribution in [3.8, 4) is 0 Å². The molecule has 0 spiro atoms. The first-order valence-corrected chi connectivity index (χ1v) is 5.62. The van der Waals surface area contributed by atoms with E-state index in [4.69, 9.17) is 17.3 Å². The van der Waals surface area contributed by atoms with Gasteiger partial charge in [0, 0.05) is 10.7 Å². The van der Waals surface area contributed by atoms with Crippen molar-refractivity contribution in [2.45, 2.75) is 20.3 Å². The van der Waals surface area contributed by atoms with E-state index in [9.17, 15) is 0 Å². The van der Waals surface area contributed by atoms with Crippen LogP contribution in [0.5, 0.6) is 0 Å². The van der Waals surface area contributed by atoms with Gasteiger partial charge in [0.05, 0.1) is 0 Å². The molecule has 0 aliphatic rings. The molecule has 0 bridgehead atoms. The molecule has 0 aromatic carbocycles. The van der Waals surface area contributed by atoms with E-state index < -0.39 is 0 Å². The first kappa shape index (κ1) is 12.0. The molecule has 0 amide bonds. The first-order chi connectivity index (χ1) is 6.44. The Hall–Kier alpha value is -0.120. The van der Waals surface area contributed by atoms with Crippen LogP contribution in [-0.4, -0.2) is 11.5 Å². The molecule has 1 rings (SSSR count). The van der Waals surface area contributed by atoms with Crippen LogP contribution in [-0.2, 0) is 6.42 Å². The SMILES string of the molecule is CC(C)(CN)Cc1cc(Cl)ncc1Br. The lowest BCUT2D eigenvalue weighted by Gasteiger charge is -2.22. The molecule has 1 heterocycles. The first-order valence-electron chi connectivity index (χ1n) is 4.44. The monoisotopic (exact) mass is 276 g/mol. The second-order valence-corrected chi connectivity index (χ2v) is 5.39. The molecule has 0 radical (unpaired) electrons. The molecule has 2 nitrogen and oxygen atoms in total. The van der Waals surface area contributed by atoms with Gasteiger partial charge in [-0.05, 0) is 45.9 Å².